The van der Waals surface area contributed by atoms with Gasteiger partial charge in [0.2, 0.25) is 5.88 Å². The highest BCUT2D eigenvalue weighted by Crippen LogP contribution is 2.39. The van der Waals surface area contributed by atoms with Gasteiger partial charge in [0.15, 0.2) is 0 Å². The number of aromatic nitrogens is 3. The van der Waals surface area contributed by atoms with Crippen LogP contribution >= 0.6 is 0 Å². The number of hydrogen-bond donors (Lipinski definition) is 0. The molecular formula is C27H28F3N5O. The van der Waals surface area contributed by atoms with Crippen LogP contribution in [-0.4, -0.2) is 46.0 Å². The van der Waals surface area contributed by atoms with Crippen LogP contribution in [0.15, 0.2) is 72.3 Å². The summed E-state index contributed by atoms with van der Waals surface area (Å²) >= 11 is 0. The van der Waals surface area contributed by atoms with Crippen molar-refractivity contribution >= 4 is 11.9 Å². The van der Waals surface area contributed by atoms with E-state index in [0.717, 1.165) is 23.9 Å². The molecule has 1 unspecified atom stereocenters. The molecule has 1 aromatic carbocycles. The number of imidazole rings is 1. The van der Waals surface area contributed by atoms with Crippen molar-refractivity contribution in [1.29, 1.82) is 0 Å². The lowest BCUT2D eigenvalue weighted by Gasteiger charge is -2.34. The first-order chi connectivity index (χ1) is 17.2. The highest BCUT2D eigenvalue weighted by molar-refractivity contribution is 5.91. The summed E-state index contributed by atoms with van der Waals surface area (Å²) in [6.07, 6.45) is 3.95. The summed E-state index contributed by atoms with van der Waals surface area (Å²) in [7, 11) is 3.40. The average molecular weight is 496 g/mol. The van der Waals surface area contributed by atoms with Crippen LogP contribution < -0.4 is 4.74 Å². The Hall–Kier alpha value is -3.88. The number of methoxy groups -OCH3 is 1. The van der Waals surface area contributed by atoms with E-state index >= 15 is 0 Å². The van der Waals surface area contributed by atoms with Gasteiger partial charge in [-0.25, -0.2) is 15.0 Å². The monoisotopic (exact) mass is 495 g/mol. The number of hydrogen-bond acceptors (Lipinski definition) is 4. The number of likely N-dealkylation sites (tertiary alicyclic amines) is 1. The molecule has 3 aromatic rings. The van der Waals surface area contributed by atoms with Crippen LogP contribution in [0.2, 0.25) is 0 Å². The van der Waals surface area contributed by atoms with Gasteiger partial charge in [-0.3, -0.25) is 0 Å². The topological polar surface area (TPSA) is 55.5 Å². The summed E-state index contributed by atoms with van der Waals surface area (Å²) in [5.41, 5.74) is 2.30. The predicted octanol–water partition coefficient (Wildman–Crippen LogP) is 6.04. The number of amidine groups is 1. The molecule has 3 heterocycles. The van der Waals surface area contributed by atoms with E-state index in [2.05, 4.69) is 21.5 Å². The van der Waals surface area contributed by atoms with Crippen molar-refractivity contribution in [3.63, 3.8) is 0 Å². The second-order valence-corrected chi connectivity index (χ2v) is 8.68. The van der Waals surface area contributed by atoms with Gasteiger partial charge in [-0.2, -0.15) is 13.2 Å². The zero-order chi connectivity index (χ0) is 25.9. The molecule has 1 aliphatic rings. The van der Waals surface area contributed by atoms with E-state index in [1.54, 1.807) is 37.7 Å². The first kappa shape index (κ1) is 25.2. The summed E-state index contributed by atoms with van der Waals surface area (Å²) < 4.78 is 48.4. The third kappa shape index (κ3) is 5.50. The number of benzene rings is 1. The Morgan fingerprint density at radius 3 is 2.69 bits per heavy atom. The van der Waals surface area contributed by atoms with Crippen LogP contribution in [0.3, 0.4) is 0 Å². The van der Waals surface area contributed by atoms with Gasteiger partial charge in [0.05, 0.1) is 36.1 Å². The van der Waals surface area contributed by atoms with Crippen LogP contribution in [0, 0.1) is 6.92 Å². The normalized spacial score (nSPS) is 17.7. The Morgan fingerprint density at radius 1 is 1.22 bits per heavy atom. The number of ether oxygens (including phenoxy) is 1. The molecule has 0 spiro atoms. The second kappa shape index (κ2) is 10.4. The summed E-state index contributed by atoms with van der Waals surface area (Å²) in [4.78, 5) is 15.3. The fourth-order valence-corrected chi connectivity index (χ4v) is 4.37. The zero-order valence-corrected chi connectivity index (χ0v) is 20.5. The largest absolute Gasteiger partial charge is 0.479 e. The van der Waals surface area contributed by atoms with Crippen molar-refractivity contribution in [3.05, 3.63) is 89.8 Å². The van der Waals surface area contributed by atoms with Gasteiger partial charge in [-0.05, 0) is 55.7 Å². The van der Waals surface area contributed by atoms with Crippen molar-refractivity contribution in [2.45, 2.75) is 31.9 Å². The average Bonchev–Trinajstić information content (AvgIpc) is 3.29. The first-order valence-electron chi connectivity index (χ1n) is 11.6. The maximum Gasteiger partial charge on any atom is 0.416 e. The molecule has 1 aliphatic heterocycles. The molecule has 0 aliphatic carbocycles. The fraction of sp³-hybridized carbons (Fsp3) is 0.296. The number of allylic oxidation sites excluding steroid dienone is 1. The number of alkyl halides is 3. The van der Waals surface area contributed by atoms with Gasteiger partial charge in [0.1, 0.15) is 11.5 Å². The molecule has 188 valence electrons. The van der Waals surface area contributed by atoms with E-state index in [-0.39, 0.29) is 5.56 Å². The van der Waals surface area contributed by atoms with Crippen molar-refractivity contribution < 1.29 is 17.9 Å². The number of likely N-dealkylation sites (N-methyl/N-ethyl adjacent to an activating group) is 1. The highest BCUT2D eigenvalue weighted by atomic mass is 19.4. The Morgan fingerprint density at radius 2 is 2.00 bits per heavy atom. The van der Waals surface area contributed by atoms with Gasteiger partial charge in [-0.1, -0.05) is 24.8 Å². The molecule has 0 N–H and O–H groups in total. The minimum Gasteiger partial charge on any atom is -0.479 e. The Kier molecular flexibility index (Phi) is 7.28. The molecule has 0 amide bonds. The number of piperidine rings is 1. The van der Waals surface area contributed by atoms with Gasteiger partial charge in [0.25, 0.3) is 0 Å². The third-order valence-electron chi connectivity index (χ3n) is 6.08. The molecule has 1 saturated heterocycles. The Balaban J connectivity index is 1.60. The summed E-state index contributed by atoms with van der Waals surface area (Å²) in [6, 6.07) is 9.43. The predicted molar refractivity (Wildman–Crippen MR) is 134 cm³/mol. The van der Waals surface area contributed by atoms with E-state index in [4.69, 9.17) is 4.74 Å². The summed E-state index contributed by atoms with van der Waals surface area (Å²) in [5.74, 6) is 0.536. The van der Waals surface area contributed by atoms with E-state index in [0.29, 0.717) is 36.1 Å². The van der Waals surface area contributed by atoms with Crippen molar-refractivity contribution in [3.8, 4) is 11.6 Å². The van der Waals surface area contributed by atoms with E-state index < -0.39 is 17.7 Å². The molecule has 6 nitrogen and oxygen atoms in total. The number of nitrogens with zero attached hydrogens (tertiary/aromatic N) is 5. The van der Waals surface area contributed by atoms with Gasteiger partial charge >= 0.3 is 6.18 Å². The zero-order valence-electron chi connectivity index (χ0n) is 20.5. The van der Waals surface area contributed by atoms with Gasteiger partial charge in [-0.15, -0.1) is 0 Å². The number of rotatable bonds is 6. The second-order valence-electron chi connectivity index (χ2n) is 8.68. The number of aliphatic imine (C=N–C) groups is 1. The van der Waals surface area contributed by atoms with Crippen LogP contribution in [0.25, 0.3) is 11.8 Å². The molecule has 0 radical (unpaired) electrons. The van der Waals surface area contributed by atoms with Gasteiger partial charge in [0, 0.05) is 25.7 Å². The lowest BCUT2D eigenvalue weighted by Crippen LogP contribution is -2.38. The lowest BCUT2D eigenvalue weighted by molar-refractivity contribution is -0.138. The van der Waals surface area contributed by atoms with Crippen molar-refractivity contribution in [1.82, 2.24) is 19.4 Å². The van der Waals surface area contributed by atoms with Crippen molar-refractivity contribution in [2.24, 2.45) is 4.99 Å². The maximum atomic E-state index is 13.7. The summed E-state index contributed by atoms with van der Waals surface area (Å²) in [6.45, 7) is 6.63. The number of aryl methyl sites for hydroxylation is 1. The fourth-order valence-electron chi connectivity index (χ4n) is 4.37. The van der Waals surface area contributed by atoms with E-state index in [9.17, 15) is 13.2 Å². The number of pyridine rings is 1. The first-order valence-corrected chi connectivity index (χ1v) is 11.6. The standard InChI is InChI=1S/C27H28F3N5O/c1-18(11-12-20-13-14-24(26(33-20)36-4)35-16-19(2)31-17-35)32-25-22(9-7-15-34(25)3)21-8-5-6-10-23(21)27(28,29)30/h5-6,8,10-14,16-17,22H,1,7,9,15H2,2-4H3/b12-11+,32-25-. The minimum atomic E-state index is -4.43. The van der Waals surface area contributed by atoms with E-state index in [1.807, 2.05) is 41.8 Å². The molecule has 9 heteroatoms. The molecular weight excluding hydrogens is 467 g/mol. The SMILES string of the molecule is C=C(/C=C/c1ccc(-n2cnc(C)c2)c(OC)n1)/N=C1/C(c2ccccc2C(F)(F)F)CCCN1C. The van der Waals surface area contributed by atoms with Crippen LogP contribution in [-0.2, 0) is 6.18 Å². The van der Waals surface area contributed by atoms with Crippen molar-refractivity contribution in [2.75, 3.05) is 20.7 Å². The molecule has 0 saturated carbocycles. The van der Waals surface area contributed by atoms with Crippen LogP contribution in [0.5, 0.6) is 5.88 Å². The summed E-state index contributed by atoms with van der Waals surface area (Å²) in [5, 5.41) is 0. The number of halogens is 3. The third-order valence-corrected chi connectivity index (χ3v) is 6.08. The van der Waals surface area contributed by atoms with Crippen LogP contribution in [0.4, 0.5) is 13.2 Å². The maximum absolute atomic E-state index is 13.7. The molecule has 4 rings (SSSR count). The molecule has 1 fully saturated rings. The Bertz CT molecular complexity index is 1310. The molecule has 0 bridgehead atoms. The van der Waals surface area contributed by atoms with Gasteiger partial charge < -0.3 is 14.2 Å². The molecule has 1 atom stereocenters. The molecule has 2 aromatic heterocycles. The highest BCUT2D eigenvalue weighted by Gasteiger charge is 2.37. The quantitative estimate of drug-likeness (QED) is 0.392. The van der Waals surface area contributed by atoms with E-state index in [1.165, 1.54) is 6.07 Å². The molecule has 36 heavy (non-hydrogen) atoms. The Labute approximate surface area is 208 Å². The lowest BCUT2D eigenvalue weighted by atomic mass is 9.86. The minimum absolute atomic E-state index is 0.240. The smallest absolute Gasteiger partial charge is 0.416 e. The van der Waals surface area contributed by atoms with Crippen LogP contribution in [0.1, 0.15) is 41.3 Å².